The smallest absolute Gasteiger partial charge is 0.203 e. The van der Waals surface area contributed by atoms with Crippen LogP contribution in [-0.4, -0.2) is 12.4 Å². The zero-order valence-corrected chi connectivity index (χ0v) is 14.3. The van der Waals surface area contributed by atoms with Gasteiger partial charge >= 0.3 is 0 Å². The van der Waals surface area contributed by atoms with Crippen LogP contribution in [0.1, 0.15) is 15.9 Å². The highest BCUT2D eigenvalue weighted by Crippen LogP contribution is 2.28. The number of ether oxygens (including phenoxy) is 1. The first kappa shape index (κ1) is 15.9. The quantitative estimate of drug-likeness (QED) is 0.505. The second-order valence-corrected chi connectivity index (χ2v) is 6.00. The van der Waals surface area contributed by atoms with E-state index in [-0.39, 0.29) is 17.7 Å². The summed E-state index contributed by atoms with van der Waals surface area (Å²) in [5, 5.41) is 8.67. The Morgan fingerprint density at radius 3 is 2.81 bits per heavy atom. The van der Waals surface area contributed by atoms with E-state index in [9.17, 15) is 9.18 Å². The monoisotopic (exact) mass is 459 g/mol. The van der Waals surface area contributed by atoms with Gasteiger partial charge in [-0.2, -0.15) is 5.26 Å². The molecule has 0 spiro atoms. The molecule has 0 bridgehead atoms. The summed E-state index contributed by atoms with van der Waals surface area (Å²) in [6.45, 7) is -0.269. The largest absolute Gasteiger partial charge is 0.484 e. The molecule has 0 radical (unpaired) electrons. The first-order valence-electron chi connectivity index (χ1n) is 5.82. The highest BCUT2D eigenvalue weighted by Gasteiger charge is 2.14. The van der Waals surface area contributed by atoms with Crippen LogP contribution in [0.5, 0.6) is 5.75 Å². The van der Waals surface area contributed by atoms with E-state index in [0.717, 1.165) is 14.1 Å². The van der Waals surface area contributed by atoms with Gasteiger partial charge in [-0.25, -0.2) is 4.39 Å². The molecule has 0 aliphatic rings. The molecule has 106 valence electrons. The molecule has 0 N–H and O–H groups in total. The Hall–Kier alpha value is -1.46. The molecule has 2 aromatic rings. The molecule has 0 saturated heterocycles. The third-order valence-corrected chi connectivity index (χ3v) is 5.19. The fourth-order valence-corrected chi connectivity index (χ4v) is 2.49. The van der Waals surface area contributed by atoms with Crippen molar-refractivity contribution in [2.75, 3.05) is 6.61 Å². The maximum Gasteiger partial charge on any atom is 0.203 e. The van der Waals surface area contributed by atoms with Crippen LogP contribution in [0.3, 0.4) is 0 Å². The topological polar surface area (TPSA) is 50.1 Å². The van der Waals surface area contributed by atoms with Crippen molar-refractivity contribution in [3.8, 4) is 11.8 Å². The Morgan fingerprint density at radius 1 is 1.38 bits per heavy atom. The van der Waals surface area contributed by atoms with E-state index in [1.165, 1.54) is 12.1 Å². The van der Waals surface area contributed by atoms with Gasteiger partial charge < -0.3 is 4.74 Å². The van der Waals surface area contributed by atoms with Gasteiger partial charge in [-0.1, -0.05) is 6.07 Å². The summed E-state index contributed by atoms with van der Waals surface area (Å²) >= 11 is 5.45. The molecule has 2 aromatic carbocycles. The Balaban J connectivity index is 2.12. The van der Waals surface area contributed by atoms with Gasteiger partial charge in [0.1, 0.15) is 11.6 Å². The molecule has 6 heteroatoms. The van der Waals surface area contributed by atoms with E-state index in [4.69, 9.17) is 10.00 Å². The summed E-state index contributed by atoms with van der Waals surface area (Å²) < 4.78 is 20.8. The lowest BCUT2D eigenvalue weighted by molar-refractivity contribution is 0.0917. The fourth-order valence-electron chi connectivity index (χ4n) is 1.63. The lowest BCUT2D eigenvalue weighted by Gasteiger charge is -2.09. The fraction of sp³-hybridized carbons (Fsp3) is 0.0667. The third kappa shape index (κ3) is 3.80. The van der Waals surface area contributed by atoms with Crippen LogP contribution in [0.15, 0.2) is 40.9 Å². The van der Waals surface area contributed by atoms with Crippen LogP contribution in [0.4, 0.5) is 4.39 Å². The summed E-state index contributed by atoms with van der Waals surface area (Å²) in [6, 6.07) is 10.9. The predicted molar refractivity (Wildman–Crippen MR) is 87.8 cm³/mol. The number of hydrogen-bond acceptors (Lipinski definition) is 3. The number of rotatable bonds is 4. The van der Waals surface area contributed by atoms with Crippen LogP contribution >= 0.6 is 38.5 Å². The van der Waals surface area contributed by atoms with Gasteiger partial charge in [-0.05, 0) is 68.9 Å². The Labute approximate surface area is 143 Å². The van der Waals surface area contributed by atoms with Crippen molar-refractivity contribution in [1.82, 2.24) is 0 Å². The summed E-state index contributed by atoms with van der Waals surface area (Å²) in [6.07, 6.45) is 0. The second kappa shape index (κ2) is 7.00. The molecule has 0 saturated carbocycles. The average Bonchev–Trinajstić information content (AvgIpc) is 2.48. The number of nitriles is 1. The van der Waals surface area contributed by atoms with Crippen molar-refractivity contribution < 1.29 is 13.9 Å². The van der Waals surface area contributed by atoms with Crippen molar-refractivity contribution >= 4 is 44.3 Å². The van der Waals surface area contributed by atoms with Gasteiger partial charge in [0.15, 0.2) is 6.61 Å². The van der Waals surface area contributed by atoms with E-state index in [1.54, 1.807) is 12.1 Å². The molecule has 0 aliphatic heterocycles. The molecule has 0 aromatic heterocycles. The zero-order chi connectivity index (χ0) is 15.4. The van der Waals surface area contributed by atoms with Gasteiger partial charge in [0, 0.05) is 4.47 Å². The number of nitrogens with zero attached hydrogens (tertiary/aromatic N) is 1. The van der Waals surface area contributed by atoms with Crippen molar-refractivity contribution in [1.29, 1.82) is 5.26 Å². The van der Waals surface area contributed by atoms with E-state index in [0.29, 0.717) is 5.75 Å². The minimum atomic E-state index is -0.716. The molecule has 0 fully saturated rings. The molecule has 0 unspecified atom stereocenters. The number of carbonyl (C=O) groups excluding carboxylic acids is 1. The molecule has 0 aliphatic carbocycles. The van der Waals surface area contributed by atoms with Crippen LogP contribution < -0.4 is 4.74 Å². The number of carbonyl (C=O) groups is 1. The summed E-state index contributed by atoms with van der Waals surface area (Å²) in [4.78, 5) is 12.0. The van der Waals surface area contributed by atoms with Gasteiger partial charge in [-0.3, -0.25) is 4.79 Å². The first-order chi connectivity index (χ1) is 10.0. The molecule has 21 heavy (non-hydrogen) atoms. The normalized spacial score (nSPS) is 10.0. The van der Waals surface area contributed by atoms with Crippen LogP contribution in [0.25, 0.3) is 0 Å². The highest BCUT2D eigenvalue weighted by atomic mass is 127. The summed E-state index contributed by atoms with van der Waals surface area (Å²) in [5.41, 5.74) is 0.0884. The van der Waals surface area contributed by atoms with Crippen molar-refractivity contribution in [2.45, 2.75) is 0 Å². The third-order valence-electron chi connectivity index (χ3n) is 2.67. The average molecular weight is 460 g/mol. The van der Waals surface area contributed by atoms with Crippen molar-refractivity contribution in [3.63, 3.8) is 0 Å². The molecule has 3 nitrogen and oxygen atoms in total. The molecular weight excluding hydrogens is 452 g/mol. The van der Waals surface area contributed by atoms with E-state index in [2.05, 4.69) is 38.5 Å². The zero-order valence-electron chi connectivity index (χ0n) is 10.6. The minimum absolute atomic E-state index is 0.0843. The second-order valence-electron chi connectivity index (χ2n) is 4.07. The maximum absolute atomic E-state index is 13.7. The minimum Gasteiger partial charge on any atom is -0.484 e. The molecule has 0 amide bonds. The van der Waals surface area contributed by atoms with Crippen LogP contribution in [0.2, 0.25) is 0 Å². The van der Waals surface area contributed by atoms with E-state index < -0.39 is 11.6 Å². The van der Waals surface area contributed by atoms with E-state index in [1.807, 2.05) is 12.1 Å². The van der Waals surface area contributed by atoms with Gasteiger partial charge in [-0.15, -0.1) is 0 Å². The Kier molecular flexibility index (Phi) is 5.31. The van der Waals surface area contributed by atoms with Crippen molar-refractivity contribution in [2.24, 2.45) is 0 Å². The lowest BCUT2D eigenvalue weighted by atomic mass is 10.1. The van der Waals surface area contributed by atoms with Gasteiger partial charge in [0.05, 0.1) is 20.8 Å². The van der Waals surface area contributed by atoms with Gasteiger partial charge in [0.25, 0.3) is 0 Å². The number of ketones is 1. The number of Topliss-reactive ketones (excluding diaryl/α,β-unsaturated/α-hetero) is 1. The SMILES string of the molecule is N#Cc1ccc(C(=O)COc2cccc(Br)c2I)c(F)c1. The molecule has 2 rings (SSSR count). The maximum atomic E-state index is 13.7. The van der Waals surface area contributed by atoms with Crippen LogP contribution in [-0.2, 0) is 0 Å². The molecule has 0 heterocycles. The first-order valence-corrected chi connectivity index (χ1v) is 7.69. The Bertz CT molecular complexity index is 743. The number of hydrogen-bond donors (Lipinski definition) is 0. The predicted octanol–water partition coefficient (Wildman–Crippen LogP) is 4.33. The standard InChI is InChI=1S/C15H8BrFINO2/c16-11-2-1-3-14(15(11)18)21-8-13(20)10-5-4-9(7-19)6-12(10)17/h1-6H,8H2. The summed E-state index contributed by atoms with van der Waals surface area (Å²) in [5.74, 6) is -0.647. The highest BCUT2D eigenvalue weighted by molar-refractivity contribution is 14.1. The summed E-state index contributed by atoms with van der Waals surface area (Å²) in [7, 11) is 0. The Morgan fingerprint density at radius 2 is 2.14 bits per heavy atom. The van der Waals surface area contributed by atoms with E-state index >= 15 is 0 Å². The van der Waals surface area contributed by atoms with Gasteiger partial charge in [0.2, 0.25) is 5.78 Å². The van der Waals surface area contributed by atoms with Crippen LogP contribution in [0, 0.1) is 20.7 Å². The molecule has 0 atom stereocenters. The molecular formula is C15H8BrFINO2. The lowest BCUT2D eigenvalue weighted by Crippen LogP contribution is -2.14. The number of benzene rings is 2. The number of halogens is 3. The van der Waals surface area contributed by atoms with Crippen molar-refractivity contribution in [3.05, 3.63) is 61.4 Å².